The van der Waals surface area contributed by atoms with Crippen LogP contribution < -0.4 is 4.90 Å². The van der Waals surface area contributed by atoms with Crippen LogP contribution in [0.25, 0.3) is 6.08 Å². The summed E-state index contributed by atoms with van der Waals surface area (Å²) in [5, 5.41) is 0.387. The molecule has 1 saturated heterocycles. The highest BCUT2D eigenvalue weighted by Crippen LogP contribution is 2.43. The SMILES string of the molecule is C[C@H]1CC(C)(C)N(C)c2ccc(/C=C3\SC(=O)N(Cc4ccc(Cl)cc4)C3=O)cc21. The van der Waals surface area contributed by atoms with E-state index in [1.807, 2.05) is 24.3 Å². The lowest BCUT2D eigenvalue weighted by molar-refractivity contribution is -0.123. The number of hydrogen-bond acceptors (Lipinski definition) is 4. The van der Waals surface area contributed by atoms with Gasteiger partial charge < -0.3 is 4.90 Å². The molecule has 6 heteroatoms. The zero-order chi connectivity index (χ0) is 21.6. The molecule has 0 unspecified atom stereocenters. The number of carbonyl (C=O) groups excluding carboxylic acids is 2. The molecule has 1 fully saturated rings. The lowest BCUT2D eigenvalue weighted by atomic mass is 9.80. The summed E-state index contributed by atoms with van der Waals surface area (Å²) in [6, 6.07) is 13.5. The Morgan fingerprint density at radius 3 is 2.57 bits per heavy atom. The van der Waals surface area contributed by atoms with E-state index >= 15 is 0 Å². The van der Waals surface area contributed by atoms with Gasteiger partial charge in [-0.15, -0.1) is 0 Å². The van der Waals surface area contributed by atoms with Gasteiger partial charge in [-0.05, 0) is 85.0 Å². The molecule has 4 nitrogen and oxygen atoms in total. The van der Waals surface area contributed by atoms with Gasteiger partial charge in [-0.25, -0.2) is 0 Å². The first kappa shape index (κ1) is 21.0. The second-order valence-electron chi connectivity index (χ2n) is 8.69. The van der Waals surface area contributed by atoms with Crippen LogP contribution in [0.5, 0.6) is 0 Å². The summed E-state index contributed by atoms with van der Waals surface area (Å²) in [6.07, 6.45) is 2.90. The highest BCUT2D eigenvalue weighted by Gasteiger charge is 2.36. The molecule has 0 saturated carbocycles. The Kier molecular flexibility index (Phi) is 5.45. The van der Waals surface area contributed by atoms with E-state index in [1.165, 1.54) is 16.2 Å². The number of halogens is 1. The Bertz CT molecular complexity index is 1050. The Balaban J connectivity index is 1.58. The summed E-state index contributed by atoms with van der Waals surface area (Å²) in [5.41, 5.74) is 4.44. The number of amides is 2. The molecule has 0 aliphatic carbocycles. The number of imide groups is 1. The fourth-order valence-electron chi connectivity index (χ4n) is 4.25. The lowest BCUT2D eigenvalue weighted by Gasteiger charge is -2.45. The number of carbonyl (C=O) groups is 2. The molecule has 2 aromatic rings. The van der Waals surface area contributed by atoms with Gasteiger partial charge in [0.15, 0.2) is 0 Å². The fourth-order valence-corrected chi connectivity index (χ4v) is 5.21. The van der Waals surface area contributed by atoms with Crippen molar-refractivity contribution in [3.63, 3.8) is 0 Å². The van der Waals surface area contributed by atoms with Gasteiger partial charge in [0.1, 0.15) is 0 Å². The van der Waals surface area contributed by atoms with Crippen molar-refractivity contribution in [1.29, 1.82) is 0 Å². The van der Waals surface area contributed by atoms with Crippen LogP contribution in [-0.4, -0.2) is 28.6 Å². The first-order chi connectivity index (χ1) is 14.2. The van der Waals surface area contributed by atoms with Crippen LogP contribution in [-0.2, 0) is 11.3 Å². The van der Waals surface area contributed by atoms with E-state index in [4.69, 9.17) is 11.6 Å². The molecule has 2 aliphatic heterocycles. The van der Waals surface area contributed by atoms with Gasteiger partial charge in [0, 0.05) is 23.3 Å². The molecular formula is C24H25ClN2O2S. The minimum absolute atomic E-state index is 0.109. The Morgan fingerprint density at radius 2 is 1.87 bits per heavy atom. The average Bonchev–Trinajstić information content (AvgIpc) is 2.95. The van der Waals surface area contributed by atoms with Gasteiger partial charge in [0.2, 0.25) is 0 Å². The zero-order valence-corrected chi connectivity index (χ0v) is 19.2. The highest BCUT2D eigenvalue weighted by molar-refractivity contribution is 8.18. The van der Waals surface area contributed by atoms with E-state index in [-0.39, 0.29) is 23.2 Å². The molecule has 0 spiro atoms. The van der Waals surface area contributed by atoms with Crippen molar-refractivity contribution < 1.29 is 9.59 Å². The van der Waals surface area contributed by atoms with Gasteiger partial charge >= 0.3 is 0 Å². The van der Waals surface area contributed by atoms with E-state index in [0.717, 1.165) is 29.3 Å². The van der Waals surface area contributed by atoms with Crippen molar-refractivity contribution in [2.24, 2.45) is 0 Å². The molecular weight excluding hydrogens is 416 g/mol. The van der Waals surface area contributed by atoms with Crippen LogP contribution in [0.1, 0.15) is 49.8 Å². The van der Waals surface area contributed by atoms with Crippen LogP contribution in [0, 0.1) is 0 Å². The van der Waals surface area contributed by atoms with Gasteiger partial charge in [-0.1, -0.05) is 36.7 Å². The quantitative estimate of drug-likeness (QED) is 0.525. The summed E-state index contributed by atoms with van der Waals surface area (Å²) >= 11 is 6.92. The summed E-state index contributed by atoms with van der Waals surface area (Å²) in [4.78, 5) is 29.4. The van der Waals surface area contributed by atoms with Gasteiger partial charge in [0.25, 0.3) is 11.1 Å². The van der Waals surface area contributed by atoms with E-state index in [1.54, 1.807) is 12.1 Å². The largest absolute Gasteiger partial charge is 0.369 e. The van der Waals surface area contributed by atoms with E-state index in [9.17, 15) is 9.59 Å². The number of anilines is 1. The minimum Gasteiger partial charge on any atom is -0.369 e. The van der Waals surface area contributed by atoms with Crippen molar-refractivity contribution in [2.75, 3.05) is 11.9 Å². The molecule has 2 amide bonds. The first-order valence-corrected chi connectivity index (χ1v) is 11.2. The van der Waals surface area contributed by atoms with Gasteiger partial charge in [-0.2, -0.15) is 0 Å². The van der Waals surface area contributed by atoms with Crippen LogP contribution in [0.3, 0.4) is 0 Å². The highest BCUT2D eigenvalue weighted by atomic mass is 35.5. The predicted octanol–water partition coefficient (Wildman–Crippen LogP) is 6.30. The van der Waals surface area contributed by atoms with Crippen molar-refractivity contribution in [2.45, 2.75) is 45.2 Å². The number of benzene rings is 2. The van der Waals surface area contributed by atoms with Gasteiger partial charge in [-0.3, -0.25) is 14.5 Å². The van der Waals surface area contributed by atoms with Crippen LogP contribution in [0.15, 0.2) is 47.4 Å². The molecule has 0 bridgehead atoms. The standard InChI is InChI=1S/C24H25ClN2O2S/c1-15-13-24(2,3)26(4)20-10-7-17(11-19(15)20)12-21-22(28)27(23(29)30-21)14-16-5-8-18(25)9-6-16/h5-12,15H,13-14H2,1-4H3/b21-12-/t15-/m0/s1. The molecule has 1 atom stereocenters. The molecule has 0 N–H and O–H groups in total. The maximum Gasteiger partial charge on any atom is 0.293 e. The lowest BCUT2D eigenvalue weighted by Crippen LogP contribution is -2.45. The Morgan fingerprint density at radius 1 is 1.17 bits per heavy atom. The number of thioether (sulfide) groups is 1. The summed E-state index contributed by atoms with van der Waals surface area (Å²) < 4.78 is 0. The van der Waals surface area contributed by atoms with Crippen LogP contribution in [0.4, 0.5) is 10.5 Å². The van der Waals surface area contributed by atoms with Crippen molar-refractivity contribution in [3.05, 3.63) is 69.1 Å². The second kappa shape index (κ2) is 7.78. The third-order valence-electron chi connectivity index (χ3n) is 6.08. The number of hydrogen-bond donors (Lipinski definition) is 0. The van der Waals surface area contributed by atoms with E-state index in [2.05, 4.69) is 44.9 Å². The third-order valence-corrected chi connectivity index (χ3v) is 7.24. The van der Waals surface area contributed by atoms with E-state index < -0.39 is 0 Å². The zero-order valence-electron chi connectivity index (χ0n) is 17.6. The summed E-state index contributed by atoms with van der Waals surface area (Å²) in [5.74, 6) is 0.184. The topological polar surface area (TPSA) is 40.6 Å². The molecule has 2 aromatic carbocycles. The minimum atomic E-state index is -0.246. The molecule has 2 heterocycles. The van der Waals surface area contributed by atoms with Crippen molar-refractivity contribution >= 4 is 46.3 Å². The summed E-state index contributed by atoms with van der Waals surface area (Å²) in [6.45, 7) is 7.02. The van der Waals surface area contributed by atoms with Crippen LogP contribution in [0.2, 0.25) is 5.02 Å². The third kappa shape index (κ3) is 3.88. The number of nitrogens with zero attached hydrogens (tertiary/aromatic N) is 2. The second-order valence-corrected chi connectivity index (χ2v) is 10.1. The maximum absolute atomic E-state index is 12.9. The Hall–Kier alpha value is -2.24. The van der Waals surface area contributed by atoms with Crippen molar-refractivity contribution in [1.82, 2.24) is 4.90 Å². The predicted molar refractivity (Wildman–Crippen MR) is 125 cm³/mol. The molecule has 30 heavy (non-hydrogen) atoms. The number of fused-ring (bicyclic) bond motifs is 1. The number of rotatable bonds is 3. The van der Waals surface area contributed by atoms with Crippen molar-refractivity contribution in [3.8, 4) is 0 Å². The fraction of sp³-hybridized carbons (Fsp3) is 0.333. The Labute approximate surface area is 186 Å². The molecule has 0 aromatic heterocycles. The normalized spacial score (nSPS) is 22.0. The summed E-state index contributed by atoms with van der Waals surface area (Å²) in [7, 11) is 2.13. The van der Waals surface area contributed by atoms with Gasteiger partial charge in [0.05, 0.1) is 11.4 Å². The first-order valence-electron chi connectivity index (χ1n) is 10.0. The van der Waals surface area contributed by atoms with Crippen LogP contribution >= 0.6 is 23.4 Å². The average molecular weight is 441 g/mol. The monoisotopic (exact) mass is 440 g/mol. The molecule has 2 aliphatic rings. The van der Waals surface area contributed by atoms with E-state index in [0.29, 0.717) is 15.8 Å². The molecule has 0 radical (unpaired) electrons. The molecule has 156 valence electrons. The smallest absolute Gasteiger partial charge is 0.293 e. The molecule has 4 rings (SSSR count). The maximum atomic E-state index is 12.9.